The summed E-state index contributed by atoms with van der Waals surface area (Å²) in [5, 5.41) is 0. The monoisotopic (exact) mass is 133 g/mol. The SMILES string of the molecule is BC1C2C=CN=CC1C2C. The predicted molar refractivity (Wildman–Crippen MR) is 46.1 cm³/mol. The first-order valence-electron chi connectivity index (χ1n) is 4.00. The van der Waals surface area contributed by atoms with Gasteiger partial charge in [0.1, 0.15) is 7.85 Å². The van der Waals surface area contributed by atoms with Crippen molar-refractivity contribution in [1.82, 2.24) is 0 Å². The highest BCUT2D eigenvalue weighted by Gasteiger charge is 2.42. The van der Waals surface area contributed by atoms with E-state index in [9.17, 15) is 0 Å². The first kappa shape index (κ1) is 6.20. The van der Waals surface area contributed by atoms with Gasteiger partial charge in [-0.3, -0.25) is 4.99 Å². The van der Waals surface area contributed by atoms with E-state index in [1.165, 1.54) is 0 Å². The Bertz CT molecular complexity index is 167. The number of nitrogens with zero attached hydrogens (tertiary/aromatic N) is 1. The summed E-state index contributed by atoms with van der Waals surface area (Å²) in [5.41, 5.74) is 0. The van der Waals surface area contributed by atoms with Crippen LogP contribution in [0.2, 0.25) is 5.82 Å². The molecule has 1 saturated carbocycles. The molecule has 4 atom stereocenters. The van der Waals surface area contributed by atoms with Crippen molar-refractivity contribution in [2.45, 2.75) is 12.7 Å². The van der Waals surface area contributed by atoms with Crippen molar-refractivity contribution in [3.63, 3.8) is 0 Å². The fourth-order valence-corrected chi connectivity index (χ4v) is 2.25. The lowest BCUT2D eigenvalue weighted by molar-refractivity contribution is 0.197. The molecule has 0 amide bonds. The first-order chi connectivity index (χ1) is 4.80. The van der Waals surface area contributed by atoms with Gasteiger partial charge in [-0.05, 0) is 17.8 Å². The zero-order valence-electron chi connectivity index (χ0n) is 6.49. The molecule has 2 bridgehead atoms. The van der Waals surface area contributed by atoms with Crippen molar-refractivity contribution in [3.05, 3.63) is 12.3 Å². The molecule has 0 saturated heterocycles. The van der Waals surface area contributed by atoms with Crippen LogP contribution in [0.5, 0.6) is 0 Å². The Morgan fingerprint density at radius 2 is 2.20 bits per heavy atom. The summed E-state index contributed by atoms with van der Waals surface area (Å²) in [6.45, 7) is 2.32. The van der Waals surface area contributed by atoms with Crippen LogP contribution in [-0.4, -0.2) is 14.1 Å². The quantitative estimate of drug-likeness (QED) is 0.435. The summed E-state index contributed by atoms with van der Waals surface area (Å²) in [6, 6.07) is 0. The van der Waals surface area contributed by atoms with Crippen LogP contribution < -0.4 is 0 Å². The Morgan fingerprint density at radius 1 is 1.40 bits per heavy atom. The van der Waals surface area contributed by atoms with Crippen LogP contribution in [0.25, 0.3) is 0 Å². The number of fused-ring (bicyclic) bond motifs is 1. The Hall–Kier alpha value is -0.525. The lowest BCUT2D eigenvalue weighted by Crippen LogP contribution is -2.40. The summed E-state index contributed by atoms with van der Waals surface area (Å²) >= 11 is 0. The van der Waals surface area contributed by atoms with E-state index in [4.69, 9.17) is 0 Å². The average Bonchev–Trinajstić information content (AvgIpc) is 2.22. The number of aliphatic imine (C=N–C) groups is 1. The zero-order chi connectivity index (χ0) is 7.14. The maximum absolute atomic E-state index is 4.19. The molecule has 4 unspecified atom stereocenters. The average molecular weight is 133 g/mol. The van der Waals surface area contributed by atoms with Gasteiger partial charge in [-0.1, -0.05) is 18.8 Å². The van der Waals surface area contributed by atoms with Crippen LogP contribution >= 0.6 is 0 Å². The van der Waals surface area contributed by atoms with E-state index in [1.54, 1.807) is 0 Å². The zero-order valence-corrected chi connectivity index (χ0v) is 6.49. The second-order valence-electron chi connectivity index (χ2n) is 3.51. The molecule has 1 nitrogen and oxygen atoms in total. The number of rotatable bonds is 0. The lowest BCUT2D eigenvalue weighted by atomic mass is 9.50. The molecular formula is C8H12BN. The molecule has 2 heterocycles. The minimum absolute atomic E-state index is 0.750. The summed E-state index contributed by atoms with van der Waals surface area (Å²) in [7, 11) is 2.32. The highest BCUT2D eigenvalue weighted by atomic mass is 14.7. The van der Waals surface area contributed by atoms with E-state index in [1.807, 2.05) is 6.20 Å². The maximum Gasteiger partial charge on any atom is 0.107 e. The molecule has 2 aliphatic heterocycles. The van der Waals surface area contributed by atoms with Crippen LogP contribution in [0.3, 0.4) is 0 Å². The van der Waals surface area contributed by atoms with Gasteiger partial charge < -0.3 is 0 Å². The van der Waals surface area contributed by atoms with Crippen molar-refractivity contribution in [2.75, 3.05) is 0 Å². The van der Waals surface area contributed by atoms with E-state index in [0.29, 0.717) is 0 Å². The Labute approximate surface area is 62.6 Å². The van der Waals surface area contributed by atoms with E-state index < -0.39 is 0 Å². The second-order valence-corrected chi connectivity index (χ2v) is 3.51. The minimum atomic E-state index is 0.750. The molecule has 1 aliphatic carbocycles. The molecule has 3 rings (SSSR count). The smallest absolute Gasteiger partial charge is 0.107 e. The van der Waals surface area contributed by atoms with Gasteiger partial charge in [-0.15, -0.1) is 0 Å². The minimum Gasteiger partial charge on any atom is -0.269 e. The standard InChI is InChI=1S/C8H12BN/c1-5-6-2-3-10-4-7(5)8(6)9/h2-8H,9H2,1H3. The fraction of sp³-hybridized carbons (Fsp3) is 0.625. The van der Waals surface area contributed by atoms with Crippen LogP contribution in [-0.2, 0) is 0 Å². The van der Waals surface area contributed by atoms with Gasteiger partial charge in [0.2, 0.25) is 0 Å². The summed E-state index contributed by atoms with van der Waals surface area (Å²) in [4.78, 5) is 4.19. The number of hydrogen-bond donors (Lipinski definition) is 0. The van der Waals surface area contributed by atoms with Gasteiger partial charge in [-0.2, -0.15) is 0 Å². The Morgan fingerprint density at radius 3 is 2.90 bits per heavy atom. The van der Waals surface area contributed by atoms with Crippen molar-refractivity contribution >= 4 is 14.1 Å². The summed E-state index contributed by atoms with van der Waals surface area (Å²) < 4.78 is 0. The Balaban J connectivity index is 2.27. The van der Waals surface area contributed by atoms with Gasteiger partial charge in [-0.25, -0.2) is 0 Å². The molecule has 0 aromatic carbocycles. The molecule has 3 aliphatic rings. The van der Waals surface area contributed by atoms with Gasteiger partial charge in [0.25, 0.3) is 0 Å². The highest BCUT2D eigenvalue weighted by Crippen LogP contribution is 2.49. The summed E-state index contributed by atoms with van der Waals surface area (Å²) in [5.74, 6) is 3.21. The van der Waals surface area contributed by atoms with Crippen LogP contribution in [0, 0.1) is 17.8 Å². The normalized spacial score (nSPS) is 50.1. The van der Waals surface area contributed by atoms with E-state index >= 15 is 0 Å². The molecule has 52 valence electrons. The largest absolute Gasteiger partial charge is 0.269 e. The van der Waals surface area contributed by atoms with Gasteiger partial charge in [0, 0.05) is 12.4 Å². The number of allylic oxidation sites excluding steroid dienone is 1. The molecule has 0 aromatic heterocycles. The second kappa shape index (κ2) is 1.98. The Kier molecular flexibility index (Phi) is 1.23. The molecule has 1 fully saturated rings. The van der Waals surface area contributed by atoms with Crippen LogP contribution in [0.4, 0.5) is 0 Å². The molecule has 0 aromatic rings. The topological polar surface area (TPSA) is 12.4 Å². The van der Waals surface area contributed by atoms with Crippen LogP contribution in [0.1, 0.15) is 6.92 Å². The maximum atomic E-state index is 4.19. The van der Waals surface area contributed by atoms with Gasteiger partial charge >= 0.3 is 0 Å². The lowest BCUT2D eigenvalue weighted by Gasteiger charge is -2.45. The van der Waals surface area contributed by atoms with Gasteiger partial charge in [0.05, 0.1) is 0 Å². The summed E-state index contributed by atoms with van der Waals surface area (Å²) in [6.07, 6.45) is 6.30. The molecule has 10 heavy (non-hydrogen) atoms. The third-order valence-corrected chi connectivity index (χ3v) is 3.08. The fourth-order valence-electron chi connectivity index (χ4n) is 2.25. The molecule has 0 spiro atoms. The first-order valence-corrected chi connectivity index (χ1v) is 4.00. The van der Waals surface area contributed by atoms with Crippen molar-refractivity contribution in [1.29, 1.82) is 0 Å². The molecular weight excluding hydrogens is 121 g/mol. The van der Waals surface area contributed by atoms with Gasteiger partial charge in [0.15, 0.2) is 0 Å². The highest BCUT2D eigenvalue weighted by molar-refractivity contribution is 6.14. The van der Waals surface area contributed by atoms with Crippen molar-refractivity contribution in [2.24, 2.45) is 22.7 Å². The third kappa shape index (κ3) is 0.620. The number of hydrogen-bond acceptors (Lipinski definition) is 1. The van der Waals surface area contributed by atoms with E-state index in [2.05, 4.69) is 32.1 Å². The predicted octanol–water partition coefficient (Wildman–Crippen LogP) is 0.888. The van der Waals surface area contributed by atoms with E-state index in [-0.39, 0.29) is 0 Å². The molecule has 2 heteroatoms. The van der Waals surface area contributed by atoms with E-state index in [0.717, 1.165) is 23.6 Å². The third-order valence-electron chi connectivity index (χ3n) is 3.08. The molecule has 0 N–H and O–H groups in total. The van der Waals surface area contributed by atoms with Crippen molar-refractivity contribution < 1.29 is 0 Å². The molecule has 0 radical (unpaired) electrons. The van der Waals surface area contributed by atoms with Crippen LogP contribution in [0.15, 0.2) is 17.3 Å². The van der Waals surface area contributed by atoms with Crippen molar-refractivity contribution in [3.8, 4) is 0 Å².